The number of nitrogens with zero attached hydrogens (tertiary/aromatic N) is 3. The summed E-state index contributed by atoms with van der Waals surface area (Å²) in [6, 6.07) is 8.74. The van der Waals surface area contributed by atoms with Gasteiger partial charge in [-0.25, -0.2) is 4.99 Å². The summed E-state index contributed by atoms with van der Waals surface area (Å²) in [5, 5.41) is 10.2. The molecule has 0 aliphatic heterocycles. The number of aliphatic imine (C=N–C) groups is 1. The van der Waals surface area contributed by atoms with Crippen LogP contribution in [-0.4, -0.2) is 21.9 Å². The number of carbonyl (C=O) groups is 1. The zero-order chi connectivity index (χ0) is 16.9. The fourth-order valence-corrected chi connectivity index (χ4v) is 2.92. The van der Waals surface area contributed by atoms with Crippen LogP contribution in [-0.2, 0) is 6.54 Å². The first-order chi connectivity index (χ1) is 11.7. The van der Waals surface area contributed by atoms with Crippen LogP contribution >= 0.6 is 22.9 Å². The molecule has 0 spiro atoms. The van der Waals surface area contributed by atoms with Crippen LogP contribution in [0.2, 0.25) is 5.02 Å². The summed E-state index contributed by atoms with van der Waals surface area (Å²) in [6.07, 6.45) is 5.36. The molecule has 24 heavy (non-hydrogen) atoms. The molecule has 7 heteroatoms. The van der Waals surface area contributed by atoms with Crippen molar-refractivity contribution in [1.82, 2.24) is 9.78 Å². The summed E-state index contributed by atoms with van der Waals surface area (Å²) in [6.45, 7) is 2.83. The summed E-state index contributed by atoms with van der Waals surface area (Å²) in [7, 11) is 0. The predicted molar refractivity (Wildman–Crippen MR) is 98.9 cm³/mol. The molecule has 2 heterocycles. The Morgan fingerprint density at radius 1 is 1.38 bits per heavy atom. The van der Waals surface area contributed by atoms with Crippen molar-refractivity contribution in [3.63, 3.8) is 0 Å². The van der Waals surface area contributed by atoms with Gasteiger partial charge in [0.2, 0.25) is 0 Å². The SMILES string of the molecule is CCn1cc(C=Nc2sccc2C(=O)Nc2ccc(Cl)cc2)cn1. The van der Waals surface area contributed by atoms with Crippen molar-refractivity contribution < 1.29 is 4.79 Å². The van der Waals surface area contributed by atoms with Gasteiger partial charge in [0.15, 0.2) is 0 Å². The number of nitrogens with one attached hydrogen (secondary N) is 1. The summed E-state index contributed by atoms with van der Waals surface area (Å²) >= 11 is 7.26. The number of benzene rings is 1. The standard InChI is InChI=1S/C17H15ClN4OS/c1-2-22-11-12(10-20-22)9-19-17-15(7-8-24-17)16(23)21-14-5-3-13(18)4-6-14/h3-11H,2H2,1H3,(H,21,23). The fraction of sp³-hybridized carbons (Fsp3) is 0.118. The van der Waals surface area contributed by atoms with E-state index in [0.29, 0.717) is 21.3 Å². The van der Waals surface area contributed by atoms with Crippen molar-refractivity contribution in [3.8, 4) is 0 Å². The van der Waals surface area contributed by atoms with Gasteiger partial charge >= 0.3 is 0 Å². The zero-order valence-electron chi connectivity index (χ0n) is 12.9. The van der Waals surface area contributed by atoms with E-state index in [0.717, 1.165) is 12.1 Å². The van der Waals surface area contributed by atoms with E-state index in [2.05, 4.69) is 15.4 Å². The Hall–Kier alpha value is -2.44. The van der Waals surface area contributed by atoms with E-state index in [1.54, 1.807) is 42.7 Å². The van der Waals surface area contributed by atoms with Crippen LogP contribution in [0.4, 0.5) is 10.7 Å². The third-order valence-electron chi connectivity index (χ3n) is 3.30. The largest absolute Gasteiger partial charge is 0.322 e. The Kier molecular flexibility index (Phi) is 5.08. The highest BCUT2D eigenvalue weighted by Crippen LogP contribution is 2.27. The number of aromatic nitrogens is 2. The molecule has 3 aromatic rings. The quantitative estimate of drug-likeness (QED) is 0.676. The molecule has 0 aliphatic carbocycles. The molecule has 0 fully saturated rings. The number of anilines is 1. The van der Waals surface area contributed by atoms with Gasteiger partial charge in [-0.1, -0.05) is 11.6 Å². The van der Waals surface area contributed by atoms with E-state index in [4.69, 9.17) is 11.6 Å². The topological polar surface area (TPSA) is 59.3 Å². The van der Waals surface area contributed by atoms with E-state index < -0.39 is 0 Å². The molecular formula is C17H15ClN4OS. The minimum absolute atomic E-state index is 0.199. The summed E-state index contributed by atoms with van der Waals surface area (Å²) in [4.78, 5) is 16.8. The number of halogens is 1. The molecule has 0 aliphatic rings. The van der Waals surface area contributed by atoms with Gasteiger partial charge in [-0.15, -0.1) is 11.3 Å². The molecule has 122 valence electrons. The molecule has 1 aromatic carbocycles. The maximum Gasteiger partial charge on any atom is 0.258 e. The van der Waals surface area contributed by atoms with Gasteiger partial charge in [-0.05, 0) is 42.6 Å². The highest BCUT2D eigenvalue weighted by atomic mass is 35.5. The molecule has 0 atom stereocenters. The van der Waals surface area contributed by atoms with Crippen molar-refractivity contribution in [2.75, 3.05) is 5.32 Å². The Bertz CT molecular complexity index is 867. The normalized spacial score (nSPS) is 11.1. The van der Waals surface area contributed by atoms with Gasteiger partial charge in [0, 0.05) is 35.2 Å². The van der Waals surface area contributed by atoms with Crippen LogP contribution in [0.5, 0.6) is 0 Å². The van der Waals surface area contributed by atoms with Crippen molar-refractivity contribution in [3.05, 3.63) is 64.3 Å². The Labute approximate surface area is 148 Å². The molecule has 2 aromatic heterocycles. The lowest BCUT2D eigenvalue weighted by atomic mass is 10.2. The Balaban J connectivity index is 1.74. The molecular weight excluding hydrogens is 344 g/mol. The Morgan fingerprint density at radius 3 is 2.88 bits per heavy atom. The second-order valence-electron chi connectivity index (χ2n) is 4.99. The number of amides is 1. The van der Waals surface area contributed by atoms with Crippen LogP contribution in [0.1, 0.15) is 22.8 Å². The van der Waals surface area contributed by atoms with Gasteiger partial charge in [0.25, 0.3) is 5.91 Å². The van der Waals surface area contributed by atoms with E-state index in [-0.39, 0.29) is 5.91 Å². The summed E-state index contributed by atoms with van der Waals surface area (Å²) in [5.74, 6) is -0.199. The fourth-order valence-electron chi connectivity index (χ4n) is 2.06. The third-order valence-corrected chi connectivity index (χ3v) is 4.37. The van der Waals surface area contributed by atoms with Gasteiger partial charge in [-0.2, -0.15) is 5.10 Å². The highest BCUT2D eigenvalue weighted by Gasteiger charge is 2.12. The first kappa shape index (κ1) is 16.4. The van der Waals surface area contributed by atoms with Crippen LogP contribution in [0.25, 0.3) is 0 Å². The molecule has 0 bridgehead atoms. The number of rotatable bonds is 5. The molecule has 0 saturated heterocycles. The molecule has 1 N–H and O–H groups in total. The van der Waals surface area contributed by atoms with Gasteiger partial charge in [-0.3, -0.25) is 9.48 Å². The summed E-state index contributed by atoms with van der Waals surface area (Å²) in [5.41, 5.74) is 2.12. The van der Waals surface area contributed by atoms with E-state index in [1.165, 1.54) is 11.3 Å². The molecule has 5 nitrogen and oxygen atoms in total. The van der Waals surface area contributed by atoms with Crippen molar-refractivity contribution >= 4 is 45.7 Å². The van der Waals surface area contributed by atoms with E-state index in [9.17, 15) is 4.79 Å². The lowest BCUT2D eigenvalue weighted by molar-refractivity contribution is 0.102. The molecule has 3 rings (SSSR count). The van der Waals surface area contributed by atoms with Crippen molar-refractivity contribution in [2.24, 2.45) is 4.99 Å². The maximum atomic E-state index is 12.4. The molecule has 1 amide bonds. The highest BCUT2D eigenvalue weighted by molar-refractivity contribution is 7.14. The van der Waals surface area contributed by atoms with E-state index >= 15 is 0 Å². The van der Waals surface area contributed by atoms with Crippen molar-refractivity contribution in [2.45, 2.75) is 13.5 Å². The van der Waals surface area contributed by atoms with Crippen LogP contribution in [0, 0.1) is 0 Å². The first-order valence-electron chi connectivity index (χ1n) is 7.36. The maximum absolute atomic E-state index is 12.4. The molecule has 0 unspecified atom stereocenters. The minimum atomic E-state index is -0.199. The van der Waals surface area contributed by atoms with Gasteiger partial charge in [0.1, 0.15) is 5.00 Å². The van der Waals surface area contributed by atoms with Gasteiger partial charge < -0.3 is 5.32 Å². The number of hydrogen-bond acceptors (Lipinski definition) is 4. The lowest BCUT2D eigenvalue weighted by Gasteiger charge is -2.04. The number of thiophene rings is 1. The minimum Gasteiger partial charge on any atom is -0.322 e. The average molecular weight is 359 g/mol. The predicted octanol–water partition coefficient (Wildman–Crippen LogP) is 4.62. The lowest BCUT2D eigenvalue weighted by Crippen LogP contribution is -2.10. The van der Waals surface area contributed by atoms with Crippen LogP contribution in [0.3, 0.4) is 0 Å². The smallest absolute Gasteiger partial charge is 0.258 e. The van der Waals surface area contributed by atoms with E-state index in [1.807, 2.05) is 23.2 Å². The average Bonchev–Trinajstić information content (AvgIpc) is 3.23. The third kappa shape index (κ3) is 3.90. The monoisotopic (exact) mass is 358 g/mol. The Morgan fingerprint density at radius 2 is 2.17 bits per heavy atom. The van der Waals surface area contributed by atoms with Gasteiger partial charge in [0.05, 0.1) is 11.8 Å². The number of hydrogen-bond donors (Lipinski definition) is 1. The van der Waals surface area contributed by atoms with Crippen molar-refractivity contribution in [1.29, 1.82) is 0 Å². The van der Waals surface area contributed by atoms with Crippen LogP contribution in [0.15, 0.2) is 53.1 Å². The second kappa shape index (κ2) is 7.42. The number of carbonyl (C=O) groups excluding carboxylic acids is 1. The van der Waals surface area contributed by atoms with Crippen LogP contribution < -0.4 is 5.32 Å². The first-order valence-corrected chi connectivity index (χ1v) is 8.62. The zero-order valence-corrected chi connectivity index (χ0v) is 14.5. The molecule has 0 radical (unpaired) electrons. The number of aryl methyl sites for hydroxylation is 1. The summed E-state index contributed by atoms with van der Waals surface area (Å²) < 4.78 is 1.82. The molecule has 0 saturated carbocycles. The second-order valence-corrected chi connectivity index (χ2v) is 6.32.